The van der Waals surface area contributed by atoms with E-state index in [-0.39, 0.29) is 58.8 Å². The predicted octanol–water partition coefficient (Wildman–Crippen LogP) is 14.4. The van der Waals surface area contributed by atoms with Crippen molar-refractivity contribution in [3.8, 4) is 39.1 Å². The summed E-state index contributed by atoms with van der Waals surface area (Å²) in [5, 5.41) is 3.82. The van der Waals surface area contributed by atoms with Crippen molar-refractivity contribution in [1.82, 2.24) is 4.57 Å². The standard InChI is InChI=1S/C52H36N2/c1-2-12-37(13-3-1)38-24-30-43(31-25-38)53(45-34-28-41(29-35-45)48-21-11-15-40-14-4-5-18-47(40)48)44-32-26-39(27-33-44)42-16-10-17-46(36-42)54-51-22-8-6-19-49(51)50-20-7-9-23-52(50)54/h1-36H/i26D,27D,28D,29D,32D,33D,34D,35D. The van der Waals surface area contributed by atoms with Gasteiger partial charge in [-0.1, -0.05) is 158 Å². The number of para-hydroxylation sites is 2. The van der Waals surface area contributed by atoms with Crippen LogP contribution in [0.5, 0.6) is 0 Å². The highest BCUT2D eigenvalue weighted by molar-refractivity contribution is 6.09. The lowest BCUT2D eigenvalue weighted by Crippen LogP contribution is -2.09. The van der Waals surface area contributed by atoms with Crippen LogP contribution in [0.3, 0.4) is 0 Å². The zero-order valence-electron chi connectivity index (χ0n) is 37.1. The lowest BCUT2D eigenvalue weighted by molar-refractivity contribution is 1.18. The van der Waals surface area contributed by atoms with Gasteiger partial charge in [-0.2, -0.15) is 0 Å². The van der Waals surface area contributed by atoms with Gasteiger partial charge in [0.1, 0.15) is 0 Å². The van der Waals surface area contributed by atoms with E-state index < -0.39 is 12.1 Å². The van der Waals surface area contributed by atoms with Crippen LogP contribution < -0.4 is 4.90 Å². The molecule has 0 aliphatic heterocycles. The minimum absolute atomic E-state index is 0.0941. The van der Waals surface area contributed by atoms with Crippen molar-refractivity contribution in [2.24, 2.45) is 0 Å². The van der Waals surface area contributed by atoms with E-state index in [1.54, 1.807) is 24.3 Å². The van der Waals surface area contributed by atoms with Gasteiger partial charge in [-0.3, -0.25) is 0 Å². The maximum Gasteiger partial charge on any atom is 0.0645 e. The largest absolute Gasteiger partial charge is 0.311 e. The van der Waals surface area contributed by atoms with E-state index in [0.29, 0.717) is 16.8 Å². The normalized spacial score (nSPS) is 13.4. The van der Waals surface area contributed by atoms with E-state index in [1.165, 1.54) is 4.90 Å². The van der Waals surface area contributed by atoms with E-state index in [1.807, 2.05) is 133 Å². The number of fused-ring (bicyclic) bond motifs is 4. The highest BCUT2D eigenvalue weighted by Gasteiger charge is 2.16. The van der Waals surface area contributed by atoms with E-state index >= 15 is 0 Å². The minimum Gasteiger partial charge on any atom is -0.311 e. The summed E-state index contributed by atoms with van der Waals surface area (Å²) >= 11 is 0. The fraction of sp³-hybridized carbons (Fsp3) is 0. The zero-order valence-corrected chi connectivity index (χ0v) is 29.1. The first-order valence-corrected chi connectivity index (χ1v) is 17.9. The molecule has 0 spiro atoms. The van der Waals surface area contributed by atoms with Crippen LogP contribution >= 0.6 is 0 Å². The van der Waals surface area contributed by atoms with Crippen LogP contribution in [0.4, 0.5) is 17.1 Å². The molecule has 0 bridgehead atoms. The Morgan fingerprint density at radius 2 is 0.870 bits per heavy atom. The number of rotatable bonds is 7. The summed E-state index contributed by atoms with van der Waals surface area (Å²) in [5.41, 5.74) is 5.77. The molecule has 0 unspecified atom stereocenters. The summed E-state index contributed by atoms with van der Waals surface area (Å²) in [6.07, 6.45) is 0. The Morgan fingerprint density at radius 3 is 1.56 bits per heavy atom. The first-order chi connectivity index (χ1) is 30.1. The third kappa shape index (κ3) is 5.62. The van der Waals surface area contributed by atoms with E-state index in [2.05, 4.69) is 16.7 Å². The van der Waals surface area contributed by atoms with Gasteiger partial charge in [0.25, 0.3) is 0 Å². The SMILES string of the molecule is [2H]c1c([2H])c(N(c2ccc(-c3ccccc3)cc2)c2c([2H])c([2H])c(-c3cccc4ccccc34)c([2H])c2[2H])c([2H])c([2H])c1-c1cccc(-n2c3ccccc3c3ccccc32)c1. The number of nitrogens with zero attached hydrogens (tertiary/aromatic N) is 2. The van der Waals surface area contributed by atoms with Gasteiger partial charge < -0.3 is 9.47 Å². The Kier molecular flexibility index (Phi) is 6.01. The second kappa shape index (κ2) is 13.4. The Hall–Kier alpha value is -7.16. The topological polar surface area (TPSA) is 8.17 Å². The van der Waals surface area contributed by atoms with Crippen molar-refractivity contribution in [3.63, 3.8) is 0 Å². The van der Waals surface area contributed by atoms with E-state index in [9.17, 15) is 11.0 Å². The van der Waals surface area contributed by atoms with Crippen molar-refractivity contribution in [3.05, 3.63) is 218 Å². The van der Waals surface area contributed by atoms with Crippen LogP contribution in [0, 0.1) is 0 Å². The quantitative estimate of drug-likeness (QED) is 0.161. The van der Waals surface area contributed by atoms with Crippen molar-refractivity contribution >= 4 is 49.6 Å². The summed E-state index contributed by atoms with van der Waals surface area (Å²) in [7, 11) is 0. The summed E-state index contributed by atoms with van der Waals surface area (Å²) in [6.45, 7) is 0. The average molecular weight is 697 g/mol. The molecular formula is C52H36N2. The Morgan fingerprint density at radius 1 is 0.352 bits per heavy atom. The molecule has 1 aromatic heterocycles. The van der Waals surface area contributed by atoms with Crippen molar-refractivity contribution in [2.75, 3.05) is 4.90 Å². The summed E-state index contributed by atoms with van der Waals surface area (Å²) in [6, 6.07) is 50.9. The zero-order chi connectivity index (χ0) is 42.8. The van der Waals surface area contributed by atoms with Crippen LogP contribution in [-0.2, 0) is 0 Å². The molecule has 1 heterocycles. The van der Waals surface area contributed by atoms with Gasteiger partial charge in [0, 0.05) is 33.5 Å². The van der Waals surface area contributed by atoms with Crippen molar-refractivity contribution in [1.29, 1.82) is 0 Å². The maximum atomic E-state index is 9.60. The molecule has 10 aromatic rings. The van der Waals surface area contributed by atoms with Crippen LogP contribution in [0.2, 0.25) is 0 Å². The smallest absolute Gasteiger partial charge is 0.0645 e. The highest BCUT2D eigenvalue weighted by Crippen LogP contribution is 2.39. The highest BCUT2D eigenvalue weighted by atomic mass is 15.1. The Bertz CT molecular complexity index is 3280. The molecule has 2 nitrogen and oxygen atoms in total. The number of hydrogen-bond acceptors (Lipinski definition) is 1. The molecule has 0 saturated heterocycles. The number of anilines is 3. The summed E-state index contributed by atoms with van der Waals surface area (Å²) in [4.78, 5) is 1.35. The Labute approximate surface area is 326 Å². The van der Waals surface area contributed by atoms with Crippen LogP contribution in [0.1, 0.15) is 11.0 Å². The molecule has 0 saturated carbocycles. The molecule has 0 amide bonds. The molecule has 54 heavy (non-hydrogen) atoms. The van der Waals surface area contributed by atoms with Gasteiger partial charge in [0.05, 0.1) is 22.0 Å². The summed E-state index contributed by atoms with van der Waals surface area (Å²) in [5.74, 6) is 0. The van der Waals surface area contributed by atoms with Gasteiger partial charge in [-0.05, 0) is 105 Å². The molecule has 2 heteroatoms. The lowest BCUT2D eigenvalue weighted by atomic mass is 9.98. The van der Waals surface area contributed by atoms with Gasteiger partial charge in [-0.25, -0.2) is 0 Å². The fourth-order valence-corrected chi connectivity index (χ4v) is 7.36. The van der Waals surface area contributed by atoms with Crippen LogP contribution in [0.15, 0.2) is 218 Å². The molecule has 0 aliphatic carbocycles. The molecule has 10 rings (SSSR count). The third-order valence-electron chi connectivity index (χ3n) is 9.94. The van der Waals surface area contributed by atoms with Crippen LogP contribution in [0.25, 0.3) is 71.6 Å². The van der Waals surface area contributed by atoms with Gasteiger partial charge in [0.2, 0.25) is 0 Å². The second-order valence-corrected chi connectivity index (χ2v) is 13.1. The number of hydrogen-bond donors (Lipinski definition) is 0. The molecule has 0 radical (unpaired) electrons. The number of aromatic nitrogens is 1. The third-order valence-corrected chi connectivity index (χ3v) is 9.94. The fourth-order valence-electron chi connectivity index (χ4n) is 7.36. The maximum absolute atomic E-state index is 9.60. The molecule has 254 valence electrons. The Balaban J connectivity index is 1.18. The van der Waals surface area contributed by atoms with Crippen molar-refractivity contribution in [2.45, 2.75) is 0 Å². The van der Waals surface area contributed by atoms with E-state index in [0.717, 1.165) is 49.4 Å². The first-order valence-electron chi connectivity index (χ1n) is 21.9. The van der Waals surface area contributed by atoms with Crippen molar-refractivity contribution < 1.29 is 11.0 Å². The predicted molar refractivity (Wildman–Crippen MR) is 229 cm³/mol. The average Bonchev–Trinajstić information content (AvgIpc) is 3.65. The van der Waals surface area contributed by atoms with E-state index in [4.69, 9.17) is 0 Å². The molecule has 0 fully saturated rings. The molecular weight excluding hydrogens is 653 g/mol. The molecule has 0 N–H and O–H groups in total. The van der Waals surface area contributed by atoms with Gasteiger partial charge in [0.15, 0.2) is 0 Å². The lowest BCUT2D eigenvalue weighted by Gasteiger charge is -2.26. The monoisotopic (exact) mass is 696 g/mol. The van der Waals surface area contributed by atoms with Gasteiger partial charge in [-0.15, -0.1) is 0 Å². The number of benzene rings is 9. The molecule has 9 aromatic carbocycles. The molecule has 0 atom stereocenters. The van der Waals surface area contributed by atoms with Gasteiger partial charge >= 0.3 is 0 Å². The second-order valence-electron chi connectivity index (χ2n) is 13.1. The summed E-state index contributed by atoms with van der Waals surface area (Å²) < 4.78 is 78.1. The first kappa shape index (κ1) is 24.2. The minimum atomic E-state index is -0.398. The van der Waals surface area contributed by atoms with Crippen LogP contribution in [-0.4, -0.2) is 4.57 Å². The molecule has 0 aliphatic rings.